The van der Waals surface area contributed by atoms with Gasteiger partial charge in [-0.1, -0.05) is 35.3 Å². The molecule has 0 spiro atoms. The molecule has 4 aromatic rings. The Balaban J connectivity index is 1.55. The van der Waals surface area contributed by atoms with E-state index >= 15 is 0 Å². The number of hydrogen-bond donors (Lipinski definition) is 2. The molecule has 0 amide bonds. The van der Waals surface area contributed by atoms with E-state index < -0.39 is 12.0 Å². The Kier molecular flexibility index (Phi) is 6.97. The van der Waals surface area contributed by atoms with Gasteiger partial charge in [-0.2, -0.15) is 0 Å². The number of fused-ring (bicyclic) bond motifs is 1. The SMILES string of the molecule is CN(C)c1ccc(-c2nc3cccc(COc4c(Cl)cc(CC(N)C(=O)O)cc4Cl)c3o2)cc1. The lowest BCUT2D eigenvalue weighted by Gasteiger charge is -2.13. The molecule has 0 fully saturated rings. The second kappa shape index (κ2) is 9.93. The molecule has 1 heterocycles. The molecule has 0 saturated heterocycles. The first-order valence-electron chi connectivity index (χ1n) is 10.5. The van der Waals surface area contributed by atoms with Crippen molar-refractivity contribution in [3.05, 3.63) is 75.8 Å². The molecule has 1 aromatic heterocycles. The van der Waals surface area contributed by atoms with Crippen molar-refractivity contribution >= 4 is 46.0 Å². The van der Waals surface area contributed by atoms with Crippen LogP contribution in [0.2, 0.25) is 10.0 Å². The minimum atomic E-state index is -1.10. The number of para-hydroxylation sites is 1. The monoisotopic (exact) mass is 499 g/mol. The highest BCUT2D eigenvalue weighted by Crippen LogP contribution is 2.36. The Hall–Kier alpha value is -3.26. The summed E-state index contributed by atoms with van der Waals surface area (Å²) in [6.45, 7) is 0.152. The van der Waals surface area contributed by atoms with E-state index in [2.05, 4.69) is 4.98 Å². The summed E-state index contributed by atoms with van der Waals surface area (Å²) in [5, 5.41) is 9.55. The summed E-state index contributed by atoms with van der Waals surface area (Å²) in [5.41, 5.74) is 10.3. The first-order valence-corrected chi connectivity index (χ1v) is 11.2. The van der Waals surface area contributed by atoms with Gasteiger partial charge in [0, 0.05) is 30.9 Å². The van der Waals surface area contributed by atoms with E-state index in [0.29, 0.717) is 28.3 Å². The molecule has 0 aliphatic carbocycles. The maximum atomic E-state index is 11.0. The molecule has 1 unspecified atom stereocenters. The molecule has 1 atom stereocenters. The highest BCUT2D eigenvalue weighted by molar-refractivity contribution is 6.37. The first-order chi connectivity index (χ1) is 16.2. The highest BCUT2D eigenvalue weighted by Gasteiger charge is 2.17. The summed E-state index contributed by atoms with van der Waals surface area (Å²) in [6.07, 6.45) is 0.102. The maximum absolute atomic E-state index is 11.0. The Bertz CT molecular complexity index is 1310. The smallest absolute Gasteiger partial charge is 0.320 e. The fourth-order valence-electron chi connectivity index (χ4n) is 3.50. The van der Waals surface area contributed by atoms with Crippen molar-refractivity contribution in [2.75, 3.05) is 19.0 Å². The van der Waals surface area contributed by atoms with Crippen LogP contribution in [0.4, 0.5) is 5.69 Å². The van der Waals surface area contributed by atoms with Crippen LogP contribution in [-0.2, 0) is 17.8 Å². The van der Waals surface area contributed by atoms with E-state index in [1.54, 1.807) is 12.1 Å². The zero-order valence-corrected chi connectivity index (χ0v) is 20.1. The summed E-state index contributed by atoms with van der Waals surface area (Å²) in [6, 6.07) is 15.7. The number of halogens is 2. The molecule has 0 bridgehead atoms. The molecule has 0 aliphatic rings. The molecule has 34 heavy (non-hydrogen) atoms. The fourth-order valence-corrected chi connectivity index (χ4v) is 4.15. The molecule has 3 N–H and O–H groups in total. The van der Waals surface area contributed by atoms with E-state index in [9.17, 15) is 4.79 Å². The third kappa shape index (κ3) is 5.12. The van der Waals surface area contributed by atoms with Gasteiger partial charge in [-0.25, -0.2) is 4.98 Å². The number of rotatable bonds is 8. The van der Waals surface area contributed by atoms with Gasteiger partial charge in [0.2, 0.25) is 5.89 Å². The van der Waals surface area contributed by atoms with Crippen LogP contribution in [0.25, 0.3) is 22.6 Å². The minimum absolute atomic E-state index is 0.102. The molecule has 0 saturated carbocycles. The Morgan fingerprint density at radius 3 is 2.44 bits per heavy atom. The largest absolute Gasteiger partial charge is 0.486 e. The number of carboxylic acids is 1. The van der Waals surface area contributed by atoms with Crippen molar-refractivity contribution in [3.8, 4) is 17.2 Å². The van der Waals surface area contributed by atoms with Gasteiger partial charge in [-0.3, -0.25) is 4.79 Å². The lowest BCUT2D eigenvalue weighted by atomic mass is 10.1. The molecule has 3 aromatic carbocycles. The number of benzene rings is 3. The topological polar surface area (TPSA) is 102 Å². The van der Waals surface area contributed by atoms with Crippen LogP contribution in [0.1, 0.15) is 11.1 Å². The summed E-state index contributed by atoms with van der Waals surface area (Å²) < 4.78 is 12.0. The van der Waals surface area contributed by atoms with Gasteiger partial charge >= 0.3 is 5.97 Å². The van der Waals surface area contributed by atoms with E-state index in [1.807, 2.05) is 61.5 Å². The van der Waals surface area contributed by atoms with Crippen LogP contribution in [-0.4, -0.2) is 36.2 Å². The van der Waals surface area contributed by atoms with Crippen molar-refractivity contribution in [3.63, 3.8) is 0 Å². The van der Waals surface area contributed by atoms with Gasteiger partial charge in [0.15, 0.2) is 11.3 Å². The van der Waals surface area contributed by atoms with Crippen LogP contribution < -0.4 is 15.4 Å². The molecule has 0 radical (unpaired) electrons. The number of oxazole rings is 1. The highest BCUT2D eigenvalue weighted by atomic mass is 35.5. The van der Waals surface area contributed by atoms with Crippen molar-refractivity contribution in [1.29, 1.82) is 0 Å². The average molecular weight is 500 g/mol. The van der Waals surface area contributed by atoms with Crippen LogP contribution >= 0.6 is 23.2 Å². The number of aromatic nitrogens is 1. The molecule has 7 nitrogen and oxygen atoms in total. The third-order valence-electron chi connectivity index (χ3n) is 5.33. The summed E-state index contributed by atoms with van der Waals surface area (Å²) in [7, 11) is 3.97. The molecular formula is C25H23Cl2N3O4. The Morgan fingerprint density at radius 1 is 1.15 bits per heavy atom. The molecule has 9 heteroatoms. The third-order valence-corrected chi connectivity index (χ3v) is 5.89. The summed E-state index contributed by atoms with van der Waals surface area (Å²) in [4.78, 5) is 17.6. The Morgan fingerprint density at radius 2 is 1.82 bits per heavy atom. The first kappa shape index (κ1) is 23.9. The van der Waals surface area contributed by atoms with Gasteiger partial charge in [0.1, 0.15) is 18.2 Å². The number of carbonyl (C=O) groups is 1. The molecule has 176 valence electrons. The standard InChI is InChI=1S/C25H23Cl2N3O4/c1-30(2)17-8-6-15(7-9-17)24-29-21-5-3-4-16(22(21)34-24)13-33-23-18(26)10-14(11-19(23)27)12-20(28)25(31)32/h3-11,20H,12-13,28H2,1-2H3,(H,31,32). The lowest BCUT2D eigenvalue weighted by Crippen LogP contribution is -2.32. The number of hydrogen-bond acceptors (Lipinski definition) is 6. The number of nitrogens with zero attached hydrogens (tertiary/aromatic N) is 2. The van der Waals surface area contributed by atoms with Crippen LogP contribution in [0.5, 0.6) is 5.75 Å². The van der Waals surface area contributed by atoms with Crippen molar-refractivity contribution in [2.45, 2.75) is 19.1 Å². The zero-order valence-electron chi connectivity index (χ0n) is 18.6. The van der Waals surface area contributed by atoms with Gasteiger partial charge < -0.3 is 24.9 Å². The lowest BCUT2D eigenvalue weighted by molar-refractivity contribution is -0.138. The maximum Gasteiger partial charge on any atom is 0.320 e. The van der Waals surface area contributed by atoms with E-state index in [1.165, 1.54) is 0 Å². The second-order valence-corrected chi connectivity index (χ2v) is 8.87. The zero-order chi connectivity index (χ0) is 24.4. The second-order valence-electron chi connectivity index (χ2n) is 8.05. The summed E-state index contributed by atoms with van der Waals surface area (Å²) in [5.74, 6) is -0.282. The quantitative estimate of drug-likeness (QED) is 0.334. The van der Waals surface area contributed by atoms with Crippen LogP contribution in [0.15, 0.2) is 59.0 Å². The number of anilines is 1. The minimum Gasteiger partial charge on any atom is -0.486 e. The molecule has 0 aliphatic heterocycles. The van der Waals surface area contributed by atoms with Crippen LogP contribution in [0, 0.1) is 0 Å². The number of nitrogens with two attached hydrogens (primary N) is 1. The van der Waals surface area contributed by atoms with Crippen LogP contribution in [0.3, 0.4) is 0 Å². The van der Waals surface area contributed by atoms with Crippen molar-refractivity contribution in [1.82, 2.24) is 4.98 Å². The van der Waals surface area contributed by atoms with Gasteiger partial charge in [0.05, 0.1) is 10.0 Å². The summed E-state index contributed by atoms with van der Waals surface area (Å²) >= 11 is 12.7. The van der Waals surface area contributed by atoms with Gasteiger partial charge in [-0.05, 0) is 54.4 Å². The average Bonchev–Trinajstić information content (AvgIpc) is 3.23. The molecular weight excluding hydrogens is 477 g/mol. The number of aliphatic carboxylic acids is 1. The predicted octanol–water partition coefficient (Wildman–Crippen LogP) is 5.40. The van der Waals surface area contributed by atoms with Crippen molar-refractivity contribution in [2.24, 2.45) is 5.73 Å². The number of carboxylic acid groups (broad SMARTS) is 1. The fraction of sp³-hybridized carbons (Fsp3) is 0.200. The molecule has 4 rings (SSSR count). The normalized spacial score (nSPS) is 12.0. The van der Waals surface area contributed by atoms with Crippen molar-refractivity contribution < 1.29 is 19.1 Å². The van der Waals surface area contributed by atoms with E-state index in [0.717, 1.165) is 16.8 Å². The predicted molar refractivity (Wildman–Crippen MR) is 134 cm³/mol. The number of ether oxygens (including phenoxy) is 1. The van der Waals surface area contributed by atoms with Gasteiger partial charge in [0.25, 0.3) is 0 Å². The van der Waals surface area contributed by atoms with E-state index in [4.69, 9.17) is 43.2 Å². The van der Waals surface area contributed by atoms with E-state index in [-0.39, 0.29) is 23.1 Å². The Labute approximate surface area is 206 Å². The van der Waals surface area contributed by atoms with Gasteiger partial charge in [-0.15, -0.1) is 0 Å².